The fourth-order valence-electron chi connectivity index (χ4n) is 1.27. The first-order valence-corrected chi connectivity index (χ1v) is 4.18. The second kappa shape index (κ2) is 6.61. The molecule has 1 nitrogen and oxygen atoms in total. The van der Waals surface area contributed by atoms with Crippen LogP contribution in [0.4, 0.5) is 0 Å². The summed E-state index contributed by atoms with van der Waals surface area (Å²) in [7, 11) is 0. The van der Waals surface area contributed by atoms with E-state index in [0.29, 0.717) is 5.92 Å². The molecule has 0 aliphatic rings. The summed E-state index contributed by atoms with van der Waals surface area (Å²) < 4.78 is 0. The molecule has 0 fully saturated rings. The fraction of sp³-hybridized carbons (Fsp3) is 0.889. The first kappa shape index (κ1) is 9.49. The topological polar surface area (TPSA) is 4.36 Å². The highest BCUT2D eigenvalue weighted by atomic mass is 14.6. The van der Waals surface area contributed by atoms with Gasteiger partial charge in [0.15, 0.2) is 0 Å². The lowest BCUT2D eigenvalue weighted by Crippen LogP contribution is -2.01. The van der Waals surface area contributed by atoms with Gasteiger partial charge in [-0.3, -0.25) is 0 Å². The SMILES string of the molecule is [C-]#[N+]CC(CCC)CCC. The molecule has 0 aliphatic carbocycles. The molecular formula is C9H17N. The van der Waals surface area contributed by atoms with E-state index in [2.05, 4.69) is 18.7 Å². The van der Waals surface area contributed by atoms with E-state index in [4.69, 9.17) is 6.57 Å². The first-order valence-electron chi connectivity index (χ1n) is 4.18. The highest BCUT2D eigenvalue weighted by molar-refractivity contribution is 4.68. The van der Waals surface area contributed by atoms with Crippen LogP contribution in [0.3, 0.4) is 0 Å². The van der Waals surface area contributed by atoms with Gasteiger partial charge in [0.2, 0.25) is 6.54 Å². The molecule has 0 rings (SSSR count). The molecule has 0 atom stereocenters. The average molecular weight is 139 g/mol. The minimum Gasteiger partial charge on any atom is -0.317 e. The Hall–Kier alpha value is -0.510. The Kier molecular flexibility index (Phi) is 6.27. The van der Waals surface area contributed by atoms with E-state index in [1.54, 1.807) is 0 Å². The van der Waals surface area contributed by atoms with Gasteiger partial charge in [-0.1, -0.05) is 26.7 Å². The van der Waals surface area contributed by atoms with E-state index < -0.39 is 0 Å². The van der Waals surface area contributed by atoms with E-state index in [-0.39, 0.29) is 0 Å². The van der Waals surface area contributed by atoms with Crippen molar-refractivity contribution in [2.45, 2.75) is 39.5 Å². The molecule has 0 amide bonds. The van der Waals surface area contributed by atoms with Crippen molar-refractivity contribution in [3.05, 3.63) is 11.4 Å². The van der Waals surface area contributed by atoms with Crippen LogP contribution in [-0.2, 0) is 0 Å². The van der Waals surface area contributed by atoms with Gasteiger partial charge < -0.3 is 4.85 Å². The van der Waals surface area contributed by atoms with Gasteiger partial charge in [-0.05, 0) is 12.8 Å². The molecule has 58 valence electrons. The van der Waals surface area contributed by atoms with Crippen LogP contribution >= 0.6 is 0 Å². The van der Waals surface area contributed by atoms with Gasteiger partial charge >= 0.3 is 0 Å². The summed E-state index contributed by atoms with van der Waals surface area (Å²) in [4.78, 5) is 3.42. The van der Waals surface area contributed by atoms with Crippen molar-refractivity contribution in [2.75, 3.05) is 6.54 Å². The Bertz CT molecular complexity index is 95.8. The summed E-state index contributed by atoms with van der Waals surface area (Å²) in [5.41, 5.74) is 0. The van der Waals surface area contributed by atoms with Crippen LogP contribution in [0.1, 0.15) is 39.5 Å². The lowest BCUT2D eigenvalue weighted by molar-refractivity contribution is 0.470. The molecule has 0 aliphatic heterocycles. The fourth-order valence-corrected chi connectivity index (χ4v) is 1.27. The molecule has 0 saturated carbocycles. The van der Waals surface area contributed by atoms with Crippen molar-refractivity contribution in [3.8, 4) is 0 Å². The molecule has 0 aromatic rings. The molecular weight excluding hydrogens is 122 g/mol. The first-order chi connectivity index (χ1) is 4.85. The molecule has 0 heterocycles. The third-order valence-electron chi connectivity index (χ3n) is 1.74. The lowest BCUT2D eigenvalue weighted by Gasteiger charge is -2.06. The van der Waals surface area contributed by atoms with Crippen molar-refractivity contribution in [2.24, 2.45) is 5.92 Å². The smallest absolute Gasteiger partial charge is 0.217 e. The number of hydrogen-bond donors (Lipinski definition) is 0. The molecule has 0 aromatic heterocycles. The van der Waals surface area contributed by atoms with Gasteiger partial charge in [0.05, 0.1) is 0 Å². The van der Waals surface area contributed by atoms with Crippen molar-refractivity contribution in [1.82, 2.24) is 0 Å². The quantitative estimate of drug-likeness (QED) is 0.515. The van der Waals surface area contributed by atoms with Gasteiger partial charge in [0.25, 0.3) is 0 Å². The van der Waals surface area contributed by atoms with Crippen LogP contribution in [0.25, 0.3) is 4.85 Å². The van der Waals surface area contributed by atoms with Crippen molar-refractivity contribution in [3.63, 3.8) is 0 Å². The Morgan fingerprint density at radius 1 is 1.20 bits per heavy atom. The van der Waals surface area contributed by atoms with E-state index >= 15 is 0 Å². The van der Waals surface area contributed by atoms with Crippen LogP contribution < -0.4 is 0 Å². The van der Waals surface area contributed by atoms with Gasteiger partial charge in [-0.15, -0.1) is 0 Å². The van der Waals surface area contributed by atoms with Gasteiger partial charge in [0, 0.05) is 5.92 Å². The van der Waals surface area contributed by atoms with E-state index in [1.165, 1.54) is 25.7 Å². The second-order valence-corrected chi connectivity index (χ2v) is 2.78. The molecule has 0 radical (unpaired) electrons. The van der Waals surface area contributed by atoms with Crippen LogP contribution in [0.15, 0.2) is 0 Å². The minimum absolute atomic E-state index is 0.674. The van der Waals surface area contributed by atoms with Gasteiger partial charge in [0.1, 0.15) is 0 Å². The standard InChI is InChI=1S/C9H17N/c1-4-6-9(7-5-2)8-10-3/h9H,4-8H2,1-2H3. The summed E-state index contributed by atoms with van der Waals surface area (Å²) in [5.74, 6) is 0.674. The molecule has 0 bridgehead atoms. The Labute approximate surface area is 64.3 Å². The monoisotopic (exact) mass is 139 g/mol. The predicted molar refractivity (Wildman–Crippen MR) is 44.8 cm³/mol. The molecule has 0 unspecified atom stereocenters. The van der Waals surface area contributed by atoms with E-state index in [1.807, 2.05) is 0 Å². The Morgan fingerprint density at radius 3 is 2.00 bits per heavy atom. The van der Waals surface area contributed by atoms with Crippen LogP contribution in [0.2, 0.25) is 0 Å². The molecule has 1 heteroatoms. The molecule has 0 saturated heterocycles. The third kappa shape index (κ3) is 4.38. The maximum atomic E-state index is 6.71. The van der Waals surface area contributed by atoms with E-state index in [9.17, 15) is 0 Å². The summed E-state index contributed by atoms with van der Waals surface area (Å²) >= 11 is 0. The largest absolute Gasteiger partial charge is 0.317 e. The van der Waals surface area contributed by atoms with Crippen molar-refractivity contribution < 1.29 is 0 Å². The van der Waals surface area contributed by atoms with Crippen LogP contribution in [-0.4, -0.2) is 6.54 Å². The third-order valence-corrected chi connectivity index (χ3v) is 1.74. The van der Waals surface area contributed by atoms with Gasteiger partial charge in [-0.25, -0.2) is 6.57 Å². The second-order valence-electron chi connectivity index (χ2n) is 2.78. The summed E-state index contributed by atoms with van der Waals surface area (Å²) in [6, 6.07) is 0. The Morgan fingerprint density at radius 2 is 1.70 bits per heavy atom. The zero-order valence-electron chi connectivity index (χ0n) is 7.06. The highest BCUT2D eigenvalue weighted by Gasteiger charge is 2.07. The molecule has 0 N–H and O–H groups in total. The predicted octanol–water partition coefficient (Wildman–Crippen LogP) is 3.12. The van der Waals surface area contributed by atoms with Crippen molar-refractivity contribution >= 4 is 0 Å². The molecule has 0 aromatic carbocycles. The zero-order valence-corrected chi connectivity index (χ0v) is 7.06. The summed E-state index contributed by atoms with van der Waals surface area (Å²) in [6.07, 6.45) is 4.91. The molecule has 0 spiro atoms. The minimum atomic E-state index is 0.674. The van der Waals surface area contributed by atoms with Crippen LogP contribution in [0, 0.1) is 12.5 Å². The number of hydrogen-bond acceptors (Lipinski definition) is 0. The lowest BCUT2D eigenvalue weighted by atomic mass is 9.99. The molecule has 10 heavy (non-hydrogen) atoms. The van der Waals surface area contributed by atoms with Crippen LogP contribution in [0.5, 0.6) is 0 Å². The highest BCUT2D eigenvalue weighted by Crippen LogP contribution is 2.13. The normalized spacial score (nSPS) is 9.80. The maximum absolute atomic E-state index is 6.71. The summed E-state index contributed by atoms with van der Waals surface area (Å²) in [6.45, 7) is 11.8. The maximum Gasteiger partial charge on any atom is 0.217 e. The average Bonchev–Trinajstić information content (AvgIpc) is 1.90. The van der Waals surface area contributed by atoms with Gasteiger partial charge in [-0.2, -0.15) is 0 Å². The summed E-state index contributed by atoms with van der Waals surface area (Å²) in [5, 5.41) is 0. The number of nitrogens with zero attached hydrogens (tertiary/aromatic N) is 1. The Balaban J connectivity index is 3.42. The van der Waals surface area contributed by atoms with E-state index in [0.717, 1.165) is 6.54 Å². The zero-order chi connectivity index (χ0) is 7.82. The van der Waals surface area contributed by atoms with Crippen molar-refractivity contribution in [1.29, 1.82) is 0 Å². The number of rotatable bonds is 5.